The Kier molecular flexibility index (Phi) is 7.29. The third kappa shape index (κ3) is 7.04. The summed E-state index contributed by atoms with van der Waals surface area (Å²) < 4.78 is 29.3. The molecule has 1 aliphatic heterocycles. The van der Waals surface area contributed by atoms with E-state index >= 15 is 0 Å². The van der Waals surface area contributed by atoms with Gasteiger partial charge >= 0.3 is 18.0 Å². The van der Waals surface area contributed by atoms with E-state index in [0.717, 1.165) is 16.7 Å². The molecule has 0 spiro atoms. The van der Waals surface area contributed by atoms with Gasteiger partial charge in [0.15, 0.2) is 5.92 Å². The summed E-state index contributed by atoms with van der Waals surface area (Å²) in [6.45, 7) is 8.19. The van der Waals surface area contributed by atoms with Crippen molar-refractivity contribution in [3.63, 3.8) is 0 Å². The van der Waals surface area contributed by atoms with Crippen LogP contribution in [-0.2, 0) is 30.2 Å². The highest BCUT2D eigenvalue weighted by Gasteiger charge is 2.44. The lowest BCUT2D eigenvalue weighted by Gasteiger charge is -2.34. The number of cyclic esters (lactones) is 2. The highest BCUT2D eigenvalue weighted by Crippen LogP contribution is 2.27. The van der Waals surface area contributed by atoms with Crippen molar-refractivity contribution in [1.29, 1.82) is 0 Å². The van der Waals surface area contributed by atoms with Gasteiger partial charge in [-0.1, -0.05) is 36.4 Å². The van der Waals surface area contributed by atoms with Crippen LogP contribution in [0, 0.1) is 11.7 Å². The molecule has 8 heteroatoms. The maximum atomic E-state index is 13.5. The van der Waals surface area contributed by atoms with Crippen LogP contribution < -0.4 is 5.32 Å². The molecule has 1 aliphatic rings. The van der Waals surface area contributed by atoms with Gasteiger partial charge in [0.25, 0.3) is 5.79 Å². The molecule has 0 unspecified atom stereocenters. The van der Waals surface area contributed by atoms with Crippen molar-refractivity contribution in [3.8, 4) is 11.1 Å². The highest BCUT2D eigenvalue weighted by molar-refractivity contribution is 5.96. The normalized spacial score (nSPS) is 16.9. The first kappa shape index (κ1) is 25.2. The number of carbonyl (C=O) groups excluding carboxylic acids is 3. The second-order valence-corrected chi connectivity index (χ2v) is 9.78. The zero-order valence-corrected chi connectivity index (χ0v) is 20.0. The Labute approximate surface area is 198 Å². The van der Waals surface area contributed by atoms with E-state index in [2.05, 4.69) is 5.32 Å². The van der Waals surface area contributed by atoms with E-state index in [9.17, 15) is 18.8 Å². The molecule has 182 valence electrons. The van der Waals surface area contributed by atoms with Gasteiger partial charge < -0.3 is 19.5 Å². The van der Waals surface area contributed by atoms with Crippen molar-refractivity contribution in [1.82, 2.24) is 5.32 Å². The molecule has 1 heterocycles. The van der Waals surface area contributed by atoms with Gasteiger partial charge in [0.1, 0.15) is 11.4 Å². The Hall–Kier alpha value is -3.42. The number of halogens is 1. The highest BCUT2D eigenvalue weighted by atomic mass is 19.1. The van der Waals surface area contributed by atoms with Gasteiger partial charge in [-0.25, -0.2) is 9.18 Å². The van der Waals surface area contributed by atoms with Crippen LogP contribution in [0.15, 0.2) is 48.5 Å². The Bertz CT molecular complexity index is 1040. The molecular formula is C26H30FNO6. The number of benzene rings is 2. The fraction of sp³-hybridized carbons (Fsp3) is 0.423. The molecule has 0 aliphatic carbocycles. The Morgan fingerprint density at radius 2 is 1.68 bits per heavy atom. The minimum absolute atomic E-state index is 0.0152. The smallest absolute Gasteiger partial charge is 0.407 e. The van der Waals surface area contributed by atoms with Crippen LogP contribution in [-0.4, -0.2) is 35.5 Å². The van der Waals surface area contributed by atoms with Crippen LogP contribution in [0.1, 0.15) is 46.6 Å². The number of esters is 2. The van der Waals surface area contributed by atoms with Crippen LogP contribution in [0.3, 0.4) is 0 Å². The summed E-state index contributed by atoms with van der Waals surface area (Å²) in [6.07, 6.45) is -0.353. The summed E-state index contributed by atoms with van der Waals surface area (Å²) in [6, 6.07) is 13.1. The van der Waals surface area contributed by atoms with Gasteiger partial charge in [-0.05, 0) is 62.4 Å². The van der Waals surface area contributed by atoms with Crippen molar-refractivity contribution in [3.05, 3.63) is 59.9 Å². The summed E-state index contributed by atoms with van der Waals surface area (Å²) in [5, 5.41) is 2.76. The molecule has 1 fully saturated rings. The van der Waals surface area contributed by atoms with Crippen LogP contribution >= 0.6 is 0 Å². The van der Waals surface area contributed by atoms with Gasteiger partial charge in [-0.15, -0.1) is 0 Å². The van der Waals surface area contributed by atoms with Gasteiger partial charge in [0, 0.05) is 19.9 Å². The fourth-order valence-electron chi connectivity index (χ4n) is 3.67. The number of carbonyl (C=O) groups is 3. The molecule has 1 amide bonds. The molecule has 3 rings (SSSR count). The standard InChI is InChI=1S/C26H30FNO6/c1-25(2,3)34-24(31)28-20(15-21-22(29)32-26(4,5)33-23(21)30)13-16-9-11-17(12-10-16)18-7-6-8-19(27)14-18/h6-12,14,20-21H,13,15H2,1-5H3,(H,28,31)/t20-/m1/s1. The lowest BCUT2D eigenvalue weighted by molar-refractivity contribution is -0.240. The van der Waals surface area contributed by atoms with Crippen LogP contribution in [0.25, 0.3) is 11.1 Å². The van der Waals surface area contributed by atoms with E-state index in [1.807, 2.05) is 30.3 Å². The van der Waals surface area contributed by atoms with Gasteiger partial charge in [-0.3, -0.25) is 9.59 Å². The molecule has 1 N–H and O–H groups in total. The van der Waals surface area contributed by atoms with E-state index in [1.54, 1.807) is 26.8 Å². The van der Waals surface area contributed by atoms with E-state index in [0.29, 0.717) is 6.42 Å². The molecule has 2 aromatic rings. The number of ether oxygens (including phenoxy) is 3. The van der Waals surface area contributed by atoms with Crippen LogP contribution in [0.4, 0.5) is 9.18 Å². The van der Waals surface area contributed by atoms with Crippen molar-refractivity contribution in [2.75, 3.05) is 0 Å². The van der Waals surface area contributed by atoms with Crippen LogP contribution in [0.2, 0.25) is 0 Å². The molecule has 0 saturated carbocycles. The molecule has 34 heavy (non-hydrogen) atoms. The largest absolute Gasteiger partial charge is 0.444 e. The second kappa shape index (κ2) is 9.83. The molecule has 2 aromatic carbocycles. The molecule has 1 atom stereocenters. The van der Waals surface area contributed by atoms with Crippen molar-refractivity contribution in [2.45, 2.75) is 64.9 Å². The quantitative estimate of drug-likeness (QED) is 0.482. The minimum atomic E-state index is -1.33. The van der Waals surface area contributed by atoms with Gasteiger partial charge in [0.2, 0.25) is 0 Å². The zero-order chi connectivity index (χ0) is 25.1. The fourth-order valence-corrected chi connectivity index (χ4v) is 3.67. The summed E-state index contributed by atoms with van der Waals surface area (Å²) in [4.78, 5) is 37.3. The summed E-state index contributed by atoms with van der Waals surface area (Å²) in [7, 11) is 0. The van der Waals surface area contributed by atoms with Crippen LogP contribution in [0.5, 0.6) is 0 Å². The number of hydrogen-bond acceptors (Lipinski definition) is 6. The third-order valence-corrected chi connectivity index (χ3v) is 5.10. The first-order valence-electron chi connectivity index (χ1n) is 11.1. The average Bonchev–Trinajstić information content (AvgIpc) is 2.69. The number of nitrogens with one attached hydrogen (secondary N) is 1. The van der Waals surface area contributed by atoms with Crippen molar-refractivity contribution < 1.29 is 33.0 Å². The maximum absolute atomic E-state index is 13.5. The third-order valence-electron chi connectivity index (χ3n) is 5.10. The Morgan fingerprint density at radius 3 is 2.24 bits per heavy atom. The molecule has 0 radical (unpaired) electrons. The lowest BCUT2D eigenvalue weighted by Crippen LogP contribution is -2.49. The Balaban J connectivity index is 1.77. The molecule has 0 bridgehead atoms. The average molecular weight is 472 g/mol. The predicted octanol–water partition coefficient (Wildman–Crippen LogP) is 4.77. The van der Waals surface area contributed by atoms with E-state index in [4.69, 9.17) is 14.2 Å². The number of hydrogen-bond donors (Lipinski definition) is 1. The van der Waals surface area contributed by atoms with E-state index in [-0.39, 0.29) is 12.2 Å². The predicted molar refractivity (Wildman–Crippen MR) is 123 cm³/mol. The zero-order valence-electron chi connectivity index (χ0n) is 20.0. The van der Waals surface area contributed by atoms with Gasteiger partial charge in [-0.2, -0.15) is 0 Å². The van der Waals surface area contributed by atoms with E-state index in [1.165, 1.54) is 26.0 Å². The minimum Gasteiger partial charge on any atom is -0.444 e. The first-order chi connectivity index (χ1) is 15.8. The van der Waals surface area contributed by atoms with Crippen molar-refractivity contribution in [2.24, 2.45) is 5.92 Å². The first-order valence-corrected chi connectivity index (χ1v) is 11.1. The summed E-state index contributed by atoms with van der Waals surface area (Å²) in [5.41, 5.74) is 1.71. The second-order valence-electron chi connectivity index (χ2n) is 9.78. The number of amides is 1. The summed E-state index contributed by atoms with van der Waals surface area (Å²) >= 11 is 0. The van der Waals surface area contributed by atoms with Gasteiger partial charge in [0.05, 0.1) is 0 Å². The van der Waals surface area contributed by atoms with Crippen molar-refractivity contribution >= 4 is 18.0 Å². The number of rotatable bonds is 6. The maximum Gasteiger partial charge on any atom is 0.407 e. The number of alkyl carbamates (subject to hydrolysis) is 1. The SMILES string of the molecule is CC(C)(C)OC(=O)N[C@H](Cc1ccc(-c2cccc(F)c2)cc1)CC1C(=O)OC(C)(C)OC1=O. The molecule has 0 aromatic heterocycles. The Morgan fingerprint density at radius 1 is 1.06 bits per heavy atom. The molecule has 1 saturated heterocycles. The topological polar surface area (TPSA) is 90.9 Å². The summed E-state index contributed by atoms with van der Waals surface area (Å²) in [5.74, 6) is -4.21. The molecule has 7 nitrogen and oxygen atoms in total. The monoisotopic (exact) mass is 471 g/mol. The van der Waals surface area contributed by atoms with E-state index < -0.39 is 41.4 Å². The lowest BCUT2D eigenvalue weighted by atomic mass is 9.93. The molecular weight excluding hydrogens is 441 g/mol.